The maximum atomic E-state index is 2.37. The third-order valence-corrected chi connectivity index (χ3v) is 4.77. The first-order valence-electron chi connectivity index (χ1n) is 9.11. The molecule has 0 heterocycles. The van der Waals surface area contributed by atoms with Gasteiger partial charge in [0.05, 0.1) is 19.6 Å². The zero-order valence-electron chi connectivity index (χ0n) is 15.0. The molecule has 0 aliphatic rings. The summed E-state index contributed by atoms with van der Waals surface area (Å²) in [5.74, 6) is 0. The molecule has 2 aromatic rings. The van der Waals surface area contributed by atoms with Crippen molar-refractivity contribution in [1.29, 1.82) is 0 Å². The maximum Gasteiger partial charge on any atom is 0.140 e. The summed E-state index contributed by atoms with van der Waals surface area (Å²) < 4.78 is 1.16. The van der Waals surface area contributed by atoms with Gasteiger partial charge >= 0.3 is 0 Å². The molecular formula is C21H32ClN. The van der Waals surface area contributed by atoms with Gasteiger partial charge in [-0.1, -0.05) is 57.5 Å². The van der Waals surface area contributed by atoms with E-state index >= 15 is 0 Å². The molecule has 0 fully saturated rings. The number of benzene rings is 2. The summed E-state index contributed by atoms with van der Waals surface area (Å²) >= 11 is 0. The van der Waals surface area contributed by atoms with Gasteiger partial charge in [0, 0.05) is 5.39 Å². The number of nitrogens with zero attached hydrogens (tertiary/aromatic N) is 1. The fourth-order valence-corrected chi connectivity index (χ4v) is 3.84. The van der Waals surface area contributed by atoms with Gasteiger partial charge in [-0.05, 0) is 43.2 Å². The molecule has 0 radical (unpaired) electrons. The van der Waals surface area contributed by atoms with E-state index in [1.54, 1.807) is 0 Å². The van der Waals surface area contributed by atoms with Crippen molar-refractivity contribution >= 4 is 16.5 Å². The monoisotopic (exact) mass is 333 g/mol. The van der Waals surface area contributed by atoms with Crippen molar-refractivity contribution in [3.8, 4) is 0 Å². The Morgan fingerprint density at radius 2 is 1.35 bits per heavy atom. The first-order chi connectivity index (χ1) is 10.8. The average molecular weight is 334 g/mol. The summed E-state index contributed by atoms with van der Waals surface area (Å²) in [6.45, 7) is 10.7. The second-order valence-corrected chi connectivity index (χ2v) is 6.52. The summed E-state index contributed by atoms with van der Waals surface area (Å²) in [5, 5.41) is 2.83. The highest BCUT2D eigenvalue weighted by Gasteiger charge is 2.29. The Hall–Kier alpha value is -1.05. The smallest absolute Gasteiger partial charge is 0.140 e. The Labute approximate surface area is 148 Å². The van der Waals surface area contributed by atoms with E-state index in [1.165, 1.54) is 68.2 Å². The lowest BCUT2D eigenvalue weighted by atomic mass is 10.0. The molecule has 0 saturated carbocycles. The number of quaternary nitrogens is 1. The summed E-state index contributed by atoms with van der Waals surface area (Å²) in [7, 11) is 0. The van der Waals surface area contributed by atoms with E-state index in [0.29, 0.717) is 0 Å². The summed E-state index contributed by atoms with van der Waals surface area (Å²) in [6, 6.07) is 15.8. The third-order valence-electron chi connectivity index (χ3n) is 4.77. The minimum absolute atomic E-state index is 0. The van der Waals surface area contributed by atoms with Crippen LogP contribution in [0.2, 0.25) is 0 Å². The Morgan fingerprint density at radius 1 is 0.696 bits per heavy atom. The topological polar surface area (TPSA) is 0 Å². The first-order valence-corrected chi connectivity index (χ1v) is 9.11. The van der Waals surface area contributed by atoms with E-state index in [1.807, 2.05) is 0 Å². The summed E-state index contributed by atoms with van der Waals surface area (Å²) in [4.78, 5) is 0. The second-order valence-electron chi connectivity index (χ2n) is 6.52. The van der Waals surface area contributed by atoms with Crippen LogP contribution in [0.15, 0.2) is 42.5 Å². The first kappa shape index (κ1) is 20.0. The van der Waals surface area contributed by atoms with Crippen LogP contribution in [0.5, 0.6) is 0 Å². The summed E-state index contributed by atoms with van der Waals surface area (Å²) in [6.07, 6.45) is 6.47. The molecule has 0 aromatic heterocycles. The molecule has 2 rings (SSSR count). The van der Waals surface area contributed by atoms with Crippen LogP contribution in [0.1, 0.15) is 52.9 Å². The highest BCUT2D eigenvalue weighted by molar-refractivity contribution is 5.93. The van der Waals surface area contributed by atoms with E-state index in [4.69, 9.17) is 0 Å². The zero-order valence-corrected chi connectivity index (χ0v) is 15.8. The predicted octanol–water partition coefficient (Wildman–Crippen LogP) is 3.16. The van der Waals surface area contributed by atoms with Crippen molar-refractivity contribution in [2.45, 2.75) is 52.9 Å². The predicted molar refractivity (Wildman–Crippen MR) is 100 cm³/mol. The van der Waals surface area contributed by atoms with Crippen LogP contribution < -0.4 is 16.9 Å². The minimum Gasteiger partial charge on any atom is -1.00 e. The summed E-state index contributed by atoms with van der Waals surface area (Å²) in [5.41, 5.74) is 1.54. The lowest BCUT2D eigenvalue weighted by Gasteiger charge is -2.39. The van der Waals surface area contributed by atoms with Crippen LogP contribution in [-0.4, -0.2) is 19.6 Å². The Kier molecular flexibility index (Phi) is 8.65. The number of fused-ring (bicyclic) bond motifs is 1. The highest BCUT2D eigenvalue weighted by atomic mass is 35.5. The van der Waals surface area contributed by atoms with Gasteiger partial charge in [0.2, 0.25) is 0 Å². The standard InChI is InChI=1S/C21H32N.ClH/c1-4-7-10-18-22(16-5-2,17-6-3)21-15-11-13-19-12-8-9-14-20(19)21;/h8-9,11-15H,4-7,10,16-18H2,1-3H3;1H/q+1;/p-1. The number of hydrogen-bond donors (Lipinski definition) is 0. The van der Waals surface area contributed by atoms with E-state index in [2.05, 4.69) is 63.2 Å². The van der Waals surface area contributed by atoms with Gasteiger partial charge in [0.15, 0.2) is 0 Å². The van der Waals surface area contributed by atoms with Crippen molar-refractivity contribution in [3.05, 3.63) is 42.5 Å². The molecule has 0 amide bonds. The van der Waals surface area contributed by atoms with Crippen molar-refractivity contribution in [1.82, 2.24) is 4.48 Å². The molecule has 0 aliphatic carbocycles. The Morgan fingerprint density at radius 3 is 2.00 bits per heavy atom. The fourth-order valence-electron chi connectivity index (χ4n) is 3.84. The van der Waals surface area contributed by atoms with Gasteiger partial charge in [-0.2, -0.15) is 0 Å². The van der Waals surface area contributed by atoms with E-state index in [-0.39, 0.29) is 12.4 Å². The number of hydrogen-bond acceptors (Lipinski definition) is 0. The van der Waals surface area contributed by atoms with Crippen LogP contribution in [0.4, 0.5) is 5.69 Å². The molecule has 0 aliphatic heterocycles. The molecule has 1 nitrogen and oxygen atoms in total. The molecule has 2 heteroatoms. The van der Waals surface area contributed by atoms with Gasteiger partial charge < -0.3 is 12.4 Å². The maximum absolute atomic E-state index is 2.37. The largest absolute Gasteiger partial charge is 1.00 e. The van der Waals surface area contributed by atoms with Gasteiger partial charge in [-0.3, -0.25) is 4.48 Å². The molecule has 2 aromatic carbocycles. The molecular weight excluding hydrogens is 302 g/mol. The van der Waals surface area contributed by atoms with Gasteiger partial charge in [-0.15, -0.1) is 0 Å². The van der Waals surface area contributed by atoms with Gasteiger partial charge in [-0.25, -0.2) is 0 Å². The van der Waals surface area contributed by atoms with Crippen LogP contribution >= 0.6 is 0 Å². The van der Waals surface area contributed by atoms with E-state index < -0.39 is 0 Å². The number of rotatable bonds is 9. The molecule has 0 unspecified atom stereocenters. The van der Waals surface area contributed by atoms with Crippen molar-refractivity contribution in [2.75, 3.05) is 19.6 Å². The Balaban J connectivity index is 0.00000264. The second kappa shape index (κ2) is 9.95. The zero-order chi connectivity index (χ0) is 15.8. The molecule has 23 heavy (non-hydrogen) atoms. The molecule has 0 N–H and O–H groups in total. The number of unbranched alkanes of at least 4 members (excludes halogenated alkanes) is 2. The average Bonchev–Trinajstić information content (AvgIpc) is 2.55. The lowest BCUT2D eigenvalue weighted by Crippen LogP contribution is -3.00. The number of halogens is 1. The molecule has 0 bridgehead atoms. The normalized spacial score (nSPS) is 11.4. The van der Waals surface area contributed by atoms with Gasteiger partial charge in [0.1, 0.15) is 5.69 Å². The molecule has 128 valence electrons. The van der Waals surface area contributed by atoms with Crippen LogP contribution in [0.25, 0.3) is 10.8 Å². The third kappa shape index (κ3) is 4.71. The highest BCUT2D eigenvalue weighted by Crippen LogP contribution is 2.33. The van der Waals surface area contributed by atoms with E-state index in [0.717, 1.165) is 4.48 Å². The van der Waals surface area contributed by atoms with Crippen molar-refractivity contribution < 1.29 is 12.4 Å². The quantitative estimate of drug-likeness (QED) is 0.488. The fraction of sp³-hybridized carbons (Fsp3) is 0.524. The van der Waals surface area contributed by atoms with Crippen LogP contribution in [0, 0.1) is 0 Å². The molecule has 0 spiro atoms. The Bertz CT molecular complexity index is 568. The SMILES string of the molecule is CCCCC[N+](CCC)(CCC)c1cccc2ccccc12.[Cl-]. The van der Waals surface area contributed by atoms with Crippen molar-refractivity contribution in [2.24, 2.45) is 0 Å². The van der Waals surface area contributed by atoms with Crippen LogP contribution in [0.3, 0.4) is 0 Å². The van der Waals surface area contributed by atoms with Crippen LogP contribution in [-0.2, 0) is 0 Å². The van der Waals surface area contributed by atoms with Crippen molar-refractivity contribution in [3.63, 3.8) is 0 Å². The lowest BCUT2D eigenvalue weighted by molar-refractivity contribution is -0.00000471. The van der Waals surface area contributed by atoms with E-state index in [9.17, 15) is 0 Å². The van der Waals surface area contributed by atoms with Gasteiger partial charge in [0.25, 0.3) is 0 Å². The minimum atomic E-state index is 0. The molecule has 0 atom stereocenters. The molecule has 0 saturated heterocycles.